The average Bonchev–Trinajstić information content (AvgIpc) is 3.12. The molecule has 2 rings (SSSR count). The van der Waals surface area contributed by atoms with Crippen LogP contribution in [-0.4, -0.2) is 43.6 Å². The van der Waals surface area contributed by atoms with Gasteiger partial charge in [-0.05, 0) is 49.9 Å². The van der Waals surface area contributed by atoms with Gasteiger partial charge >= 0.3 is 6.03 Å². The smallest absolute Gasteiger partial charge is 0.321 e. The molecule has 140 valence electrons. The molecular formula is C18H22ClN3O4. The lowest BCUT2D eigenvalue weighted by molar-refractivity contribution is -0.120. The molecule has 0 aliphatic heterocycles. The summed E-state index contributed by atoms with van der Waals surface area (Å²) in [5.74, 6) is 0.997. The van der Waals surface area contributed by atoms with Crippen LogP contribution >= 0.6 is 11.6 Å². The fourth-order valence-electron chi connectivity index (χ4n) is 2.17. The molecule has 2 N–H and O–H groups in total. The molecule has 7 nitrogen and oxygen atoms in total. The molecule has 0 radical (unpaired) electrons. The molecular weight excluding hydrogens is 358 g/mol. The molecule has 8 heteroatoms. The first-order valence-electron chi connectivity index (χ1n) is 8.20. The van der Waals surface area contributed by atoms with E-state index in [4.69, 9.17) is 20.8 Å². The molecule has 0 bridgehead atoms. The van der Waals surface area contributed by atoms with Crippen molar-refractivity contribution in [3.63, 3.8) is 0 Å². The summed E-state index contributed by atoms with van der Waals surface area (Å²) in [6.45, 7) is 1.53. The number of nitrogens with zero attached hydrogens (tertiary/aromatic N) is 1. The van der Waals surface area contributed by atoms with E-state index in [0.29, 0.717) is 23.9 Å². The highest BCUT2D eigenvalue weighted by molar-refractivity contribution is 6.30. The molecule has 0 spiro atoms. The molecule has 1 aromatic carbocycles. The van der Waals surface area contributed by atoms with Crippen LogP contribution in [-0.2, 0) is 11.3 Å². The van der Waals surface area contributed by atoms with Crippen LogP contribution < -0.4 is 15.4 Å². The predicted octanol–water partition coefficient (Wildman–Crippen LogP) is 2.66. The molecule has 3 amide bonds. The van der Waals surface area contributed by atoms with Crippen LogP contribution in [0, 0.1) is 0 Å². The third-order valence-electron chi connectivity index (χ3n) is 3.44. The van der Waals surface area contributed by atoms with Crippen LogP contribution in [0.4, 0.5) is 4.79 Å². The number of urea groups is 1. The maximum atomic E-state index is 11.8. The second-order valence-corrected chi connectivity index (χ2v) is 6.14. The van der Waals surface area contributed by atoms with Crippen LogP contribution in [0.1, 0.15) is 12.2 Å². The van der Waals surface area contributed by atoms with Gasteiger partial charge in [0.15, 0.2) is 0 Å². The first-order chi connectivity index (χ1) is 12.5. The Hall–Kier alpha value is -2.51. The van der Waals surface area contributed by atoms with Crippen LogP contribution in [0.15, 0.2) is 47.1 Å². The molecule has 0 aliphatic rings. The second kappa shape index (κ2) is 10.5. The van der Waals surface area contributed by atoms with Crippen molar-refractivity contribution in [1.29, 1.82) is 0 Å². The number of amides is 3. The molecule has 0 fully saturated rings. The van der Waals surface area contributed by atoms with Crippen LogP contribution in [0.5, 0.6) is 5.75 Å². The van der Waals surface area contributed by atoms with E-state index in [1.54, 1.807) is 36.4 Å². The standard InChI is InChI=1S/C18H22ClN3O4/c1-22(9-3-11-25-15-7-5-14(19)6-8-15)13-17(23)21-18(24)20-12-16-4-2-10-26-16/h2,4-8,10H,3,9,11-13H2,1H3,(H2,20,21,23,24). The number of benzene rings is 1. The molecule has 0 saturated heterocycles. The predicted molar refractivity (Wildman–Crippen MR) is 98.1 cm³/mol. The van der Waals surface area contributed by atoms with Crippen molar-refractivity contribution < 1.29 is 18.7 Å². The third kappa shape index (κ3) is 7.58. The Balaban J connectivity index is 1.56. The summed E-state index contributed by atoms with van der Waals surface area (Å²) in [6.07, 6.45) is 2.27. The van der Waals surface area contributed by atoms with Crippen molar-refractivity contribution in [1.82, 2.24) is 15.5 Å². The van der Waals surface area contributed by atoms with Gasteiger partial charge in [0.1, 0.15) is 11.5 Å². The first kappa shape index (κ1) is 19.8. The molecule has 0 atom stereocenters. The lowest BCUT2D eigenvalue weighted by Gasteiger charge is -2.16. The van der Waals surface area contributed by atoms with E-state index in [0.717, 1.165) is 12.2 Å². The van der Waals surface area contributed by atoms with E-state index in [1.165, 1.54) is 6.26 Å². The molecule has 0 unspecified atom stereocenters. The summed E-state index contributed by atoms with van der Waals surface area (Å²) < 4.78 is 10.7. The van der Waals surface area contributed by atoms with E-state index in [9.17, 15) is 9.59 Å². The van der Waals surface area contributed by atoms with Crippen LogP contribution in [0.3, 0.4) is 0 Å². The zero-order valence-corrected chi connectivity index (χ0v) is 15.3. The van der Waals surface area contributed by atoms with Crippen molar-refractivity contribution in [3.8, 4) is 5.75 Å². The Morgan fingerprint density at radius 2 is 2.00 bits per heavy atom. The van der Waals surface area contributed by atoms with Crippen molar-refractivity contribution in [2.45, 2.75) is 13.0 Å². The number of likely N-dealkylation sites (N-methyl/N-ethyl adjacent to an activating group) is 1. The highest BCUT2D eigenvalue weighted by Crippen LogP contribution is 2.15. The quantitative estimate of drug-likeness (QED) is 0.654. The van der Waals surface area contributed by atoms with Gasteiger partial charge in [0.2, 0.25) is 5.91 Å². The van der Waals surface area contributed by atoms with Crippen molar-refractivity contribution in [3.05, 3.63) is 53.4 Å². The number of halogens is 1. The fraction of sp³-hybridized carbons (Fsp3) is 0.333. The van der Waals surface area contributed by atoms with Gasteiger partial charge in [0, 0.05) is 11.6 Å². The lowest BCUT2D eigenvalue weighted by atomic mass is 10.3. The highest BCUT2D eigenvalue weighted by Gasteiger charge is 2.10. The normalized spacial score (nSPS) is 10.6. The second-order valence-electron chi connectivity index (χ2n) is 5.70. The number of carbonyl (C=O) groups excluding carboxylic acids is 2. The summed E-state index contributed by atoms with van der Waals surface area (Å²) in [4.78, 5) is 25.3. The van der Waals surface area contributed by atoms with Gasteiger partial charge in [0.05, 0.1) is 26.0 Å². The molecule has 0 saturated carbocycles. The van der Waals surface area contributed by atoms with E-state index in [2.05, 4.69) is 10.6 Å². The number of hydrogen-bond donors (Lipinski definition) is 2. The lowest BCUT2D eigenvalue weighted by Crippen LogP contribution is -2.43. The monoisotopic (exact) mass is 379 g/mol. The summed E-state index contributed by atoms with van der Waals surface area (Å²) in [7, 11) is 1.81. The fourth-order valence-corrected chi connectivity index (χ4v) is 2.30. The van der Waals surface area contributed by atoms with Crippen LogP contribution in [0.2, 0.25) is 5.02 Å². The summed E-state index contributed by atoms with van der Waals surface area (Å²) in [5.41, 5.74) is 0. The largest absolute Gasteiger partial charge is 0.494 e. The van der Waals surface area contributed by atoms with Gasteiger partial charge in [-0.3, -0.25) is 15.0 Å². The van der Waals surface area contributed by atoms with Crippen molar-refractivity contribution in [2.24, 2.45) is 0 Å². The van der Waals surface area contributed by atoms with Crippen LogP contribution in [0.25, 0.3) is 0 Å². The van der Waals surface area contributed by atoms with Gasteiger partial charge in [-0.2, -0.15) is 0 Å². The molecule has 2 aromatic rings. The number of hydrogen-bond acceptors (Lipinski definition) is 5. The summed E-state index contributed by atoms with van der Waals surface area (Å²) in [6, 6.07) is 10.1. The Bertz CT molecular complexity index is 689. The van der Waals surface area contributed by atoms with E-state index < -0.39 is 6.03 Å². The summed E-state index contributed by atoms with van der Waals surface area (Å²) in [5, 5.41) is 5.49. The molecule has 1 heterocycles. The van der Waals surface area contributed by atoms with Crippen molar-refractivity contribution >= 4 is 23.5 Å². The topological polar surface area (TPSA) is 83.8 Å². The van der Waals surface area contributed by atoms with E-state index in [1.807, 2.05) is 11.9 Å². The van der Waals surface area contributed by atoms with Gasteiger partial charge < -0.3 is 14.5 Å². The minimum atomic E-state index is -0.550. The highest BCUT2D eigenvalue weighted by atomic mass is 35.5. The van der Waals surface area contributed by atoms with Gasteiger partial charge in [-0.25, -0.2) is 4.79 Å². The number of ether oxygens (including phenoxy) is 1. The zero-order valence-electron chi connectivity index (χ0n) is 14.5. The van der Waals surface area contributed by atoms with E-state index in [-0.39, 0.29) is 19.0 Å². The number of imide groups is 1. The van der Waals surface area contributed by atoms with E-state index >= 15 is 0 Å². The Kier molecular flexibility index (Phi) is 7.98. The number of carbonyl (C=O) groups is 2. The zero-order chi connectivity index (χ0) is 18.8. The Labute approximate surface area is 157 Å². The SMILES string of the molecule is CN(CCCOc1ccc(Cl)cc1)CC(=O)NC(=O)NCc1ccco1. The Morgan fingerprint density at radius 1 is 1.23 bits per heavy atom. The number of furan rings is 1. The number of rotatable bonds is 9. The minimum Gasteiger partial charge on any atom is -0.494 e. The average molecular weight is 380 g/mol. The summed E-state index contributed by atoms with van der Waals surface area (Å²) >= 11 is 5.81. The third-order valence-corrected chi connectivity index (χ3v) is 3.69. The maximum absolute atomic E-state index is 11.8. The Morgan fingerprint density at radius 3 is 2.69 bits per heavy atom. The van der Waals surface area contributed by atoms with Gasteiger partial charge in [-0.1, -0.05) is 11.6 Å². The maximum Gasteiger partial charge on any atom is 0.321 e. The first-order valence-corrected chi connectivity index (χ1v) is 8.57. The van der Waals surface area contributed by atoms with Gasteiger partial charge in [-0.15, -0.1) is 0 Å². The minimum absolute atomic E-state index is 0.120. The van der Waals surface area contributed by atoms with Crippen molar-refractivity contribution in [2.75, 3.05) is 26.7 Å². The molecule has 26 heavy (non-hydrogen) atoms. The number of nitrogens with one attached hydrogen (secondary N) is 2. The molecule has 0 aliphatic carbocycles. The molecule has 1 aromatic heterocycles. The van der Waals surface area contributed by atoms with Gasteiger partial charge in [0.25, 0.3) is 0 Å².